The van der Waals surface area contributed by atoms with Crippen molar-refractivity contribution < 1.29 is 84.7 Å². The van der Waals surface area contributed by atoms with Crippen molar-refractivity contribution in [3.05, 3.63) is 53.5 Å². The van der Waals surface area contributed by atoms with Crippen molar-refractivity contribution in [1.29, 1.82) is 5.41 Å². The highest BCUT2D eigenvalue weighted by Crippen LogP contribution is 2.25. The summed E-state index contributed by atoms with van der Waals surface area (Å²) in [5, 5.41) is 39.7. The number of esters is 1. The normalized spacial score (nSPS) is 15.1. The monoisotopic (exact) mass is 699 g/mol. The number of rotatable bonds is 11. The number of aliphatic carboxylic acids is 4. The van der Waals surface area contributed by atoms with E-state index in [9.17, 15) is 50.6 Å². The van der Waals surface area contributed by atoms with E-state index < -0.39 is 60.6 Å². The van der Waals surface area contributed by atoms with Gasteiger partial charge in [0.1, 0.15) is 17.3 Å². The van der Waals surface area contributed by atoms with Crippen LogP contribution in [0.2, 0.25) is 0 Å². The molecule has 264 valence electrons. The van der Waals surface area contributed by atoms with Crippen LogP contribution in [0.25, 0.3) is 0 Å². The standard InChI is InChI=1S/C23H25N3O8.2C2HF3O2/c24-21(25)13-3-5-15(6-4-13)34-23(32)19-8-7-16(33-19)12-26-9-1-2-17(26)18(27)10-14(22(30)31)11-20(28)29;2*3-2(4,5)1(6)7/h3-8,14,17H,1-2,9-12H2,(H3,24,25)(H,28,29)(H,30,31);2*(H,6,7)/t14-,17+;;/m0../s1. The quantitative estimate of drug-likeness (QED) is 0.0648. The third kappa shape index (κ3) is 13.9. The average Bonchev–Trinajstić information content (AvgIpc) is 3.62. The number of ether oxygens (including phenoxy) is 1. The van der Waals surface area contributed by atoms with Crippen LogP contribution in [-0.2, 0) is 30.5 Å². The zero-order valence-corrected chi connectivity index (χ0v) is 24.2. The Labute approximate surface area is 265 Å². The van der Waals surface area contributed by atoms with E-state index in [1.807, 2.05) is 4.90 Å². The van der Waals surface area contributed by atoms with Crippen molar-refractivity contribution in [3.63, 3.8) is 0 Å². The van der Waals surface area contributed by atoms with Gasteiger partial charge in [-0.15, -0.1) is 0 Å². The number of ketones is 1. The zero-order valence-electron chi connectivity index (χ0n) is 24.2. The first-order chi connectivity index (χ1) is 22.0. The summed E-state index contributed by atoms with van der Waals surface area (Å²) in [4.78, 5) is 66.9. The van der Waals surface area contributed by atoms with Crippen LogP contribution < -0.4 is 10.5 Å². The zero-order chi connectivity index (χ0) is 37.0. The van der Waals surface area contributed by atoms with E-state index in [4.69, 9.17) is 45.2 Å². The van der Waals surface area contributed by atoms with E-state index in [-0.39, 0.29) is 36.1 Å². The number of benzene rings is 1. The highest BCUT2D eigenvalue weighted by molar-refractivity contribution is 5.95. The molecule has 0 spiro atoms. The molecule has 0 saturated carbocycles. The summed E-state index contributed by atoms with van der Waals surface area (Å²) in [6, 6.07) is 8.63. The number of nitrogens with zero attached hydrogens (tertiary/aromatic N) is 1. The Bertz CT molecular complexity index is 1460. The molecule has 2 aromatic rings. The molecule has 1 aliphatic heterocycles. The fourth-order valence-corrected chi connectivity index (χ4v) is 3.85. The molecular weight excluding hydrogens is 672 g/mol. The van der Waals surface area contributed by atoms with E-state index in [0.29, 0.717) is 24.3 Å². The van der Waals surface area contributed by atoms with Gasteiger partial charge in [-0.25, -0.2) is 14.4 Å². The maximum absolute atomic E-state index is 12.7. The molecule has 0 radical (unpaired) electrons. The van der Waals surface area contributed by atoms with Gasteiger partial charge in [-0.05, 0) is 55.8 Å². The number of halogens is 6. The van der Waals surface area contributed by atoms with Gasteiger partial charge in [0, 0.05) is 12.0 Å². The van der Waals surface area contributed by atoms with E-state index in [1.165, 1.54) is 18.2 Å². The Hall–Kier alpha value is -5.47. The lowest BCUT2D eigenvalue weighted by molar-refractivity contribution is -0.193. The van der Waals surface area contributed by atoms with Crippen LogP contribution in [0.4, 0.5) is 26.3 Å². The Morgan fingerprint density at radius 3 is 1.85 bits per heavy atom. The molecule has 15 nitrogen and oxygen atoms in total. The smallest absolute Gasteiger partial charge is 0.481 e. The number of carbonyl (C=O) groups is 6. The molecule has 0 aliphatic carbocycles. The highest BCUT2D eigenvalue weighted by Gasteiger charge is 2.39. The molecule has 48 heavy (non-hydrogen) atoms. The van der Waals surface area contributed by atoms with Crippen LogP contribution in [0.3, 0.4) is 0 Å². The summed E-state index contributed by atoms with van der Waals surface area (Å²) in [5.74, 6) is -9.86. The van der Waals surface area contributed by atoms with Crippen LogP contribution in [0.1, 0.15) is 47.6 Å². The van der Waals surface area contributed by atoms with Gasteiger partial charge < -0.3 is 35.3 Å². The molecule has 1 aromatic carbocycles. The SMILES string of the molecule is N=C(N)c1ccc(OC(=O)c2ccc(CN3CCC[C@@H]3C(=O)C[C@@H](CC(=O)O)C(=O)O)o2)cc1.O=C(O)C(F)(F)F.O=C(O)C(F)(F)F. The minimum absolute atomic E-state index is 0.0277. The third-order valence-electron chi connectivity index (χ3n) is 6.04. The van der Waals surface area contributed by atoms with E-state index in [0.717, 1.165) is 6.42 Å². The average molecular weight is 700 g/mol. The van der Waals surface area contributed by atoms with Gasteiger partial charge in [-0.2, -0.15) is 26.3 Å². The molecule has 2 atom stereocenters. The molecule has 21 heteroatoms. The van der Waals surface area contributed by atoms with Crippen LogP contribution in [0.15, 0.2) is 40.8 Å². The second kappa shape index (κ2) is 17.4. The number of hydrogen-bond acceptors (Lipinski definition) is 10. The number of furan rings is 1. The van der Waals surface area contributed by atoms with Crippen molar-refractivity contribution in [1.82, 2.24) is 4.90 Å². The van der Waals surface area contributed by atoms with Crippen LogP contribution in [0.5, 0.6) is 5.75 Å². The highest BCUT2D eigenvalue weighted by atomic mass is 19.4. The van der Waals surface area contributed by atoms with Gasteiger partial charge in [0.2, 0.25) is 5.76 Å². The molecule has 7 N–H and O–H groups in total. The first kappa shape index (κ1) is 40.6. The van der Waals surface area contributed by atoms with Crippen molar-refractivity contribution in [2.75, 3.05) is 6.54 Å². The second-order valence-electron chi connectivity index (χ2n) is 9.63. The van der Waals surface area contributed by atoms with Gasteiger partial charge >= 0.3 is 42.2 Å². The number of Topliss-reactive ketones (excluding diaryl/α,β-unsaturated/α-hetero) is 1. The Balaban J connectivity index is 0.000000687. The van der Waals surface area contributed by atoms with Crippen molar-refractivity contribution in [2.45, 2.75) is 50.6 Å². The van der Waals surface area contributed by atoms with Gasteiger partial charge in [-0.1, -0.05) is 0 Å². The fraction of sp³-hybridized carbons (Fsp3) is 0.370. The van der Waals surface area contributed by atoms with Crippen LogP contribution >= 0.6 is 0 Å². The first-order valence-corrected chi connectivity index (χ1v) is 13.1. The lowest BCUT2D eigenvalue weighted by Crippen LogP contribution is -2.37. The minimum Gasteiger partial charge on any atom is -0.481 e. The first-order valence-electron chi connectivity index (χ1n) is 13.1. The minimum atomic E-state index is -5.08. The fourth-order valence-electron chi connectivity index (χ4n) is 3.85. The van der Waals surface area contributed by atoms with Gasteiger partial charge in [0.25, 0.3) is 0 Å². The van der Waals surface area contributed by atoms with Crippen LogP contribution in [-0.4, -0.2) is 91.7 Å². The van der Waals surface area contributed by atoms with Gasteiger partial charge in [-0.3, -0.25) is 24.7 Å². The molecule has 3 rings (SSSR count). The summed E-state index contributed by atoms with van der Waals surface area (Å²) >= 11 is 0. The summed E-state index contributed by atoms with van der Waals surface area (Å²) in [6.45, 7) is 0.809. The van der Waals surface area contributed by atoms with E-state index >= 15 is 0 Å². The number of hydrogen-bond donors (Lipinski definition) is 6. The molecule has 1 aliphatic rings. The van der Waals surface area contributed by atoms with Crippen molar-refractivity contribution in [3.8, 4) is 5.75 Å². The second-order valence-corrected chi connectivity index (χ2v) is 9.63. The number of nitrogen functional groups attached to an aromatic ring is 1. The lowest BCUT2D eigenvalue weighted by Gasteiger charge is -2.23. The van der Waals surface area contributed by atoms with Gasteiger partial charge in [0.05, 0.1) is 24.9 Å². The number of carboxylic acid groups (broad SMARTS) is 4. The number of nitrogens with one attached hydrogen (secondary N) is 1. The summed E-state index contributed by atoms with van der Waals surface area (Å²) < 4.78 is 74.3. The van der Waals surface area contributed by atoms with Crippen LogP contribution in [0, 0.1) is 11.3 Å². The number of carboxylic acids is 4. The number of alkyl halides is 6. The van der Waals surface area contributed by atoms with E-state index in [2.05, 4.69) is 0 Å². The molecule has 1 aromatic heterocycles. The molecule has 1 saturated heterocycles. The number of amidine groups is 1. The number of nitrogens with two attached hydrogens (primary N) is 1. The third-order valence-corrected chi connectivity index (χ3v) is 6.04. The summed E-state index contributed by atoms with van der Waals surface area (Å²) in [7, 11) is 0. The molecule has 1 fully saturated rings. The predicted molar refractivity (Wildman–Crippen MR) is 145 cm³/mol. The van der Waals surface area contributed by atoms with Crippen molar-refractivity contribution >= 4 is 41.5 Å². The van der Waals surface area contributed by atoms with Crippen molar-refractivity contribution in [2.24, 2.45) is 11.7 Å². The Morgan fingerprint density at radius 1 is 0.896 bits per heavy atom. The maximum atomic E-state index is 12.7. The molecular formula is C27H27F6N3O12. The molecule has 2 heterocycles. The largest absolute Gasteiger partial charge is 0.490 e. The number of carbonyl (C=O) groups excluding carboxylic acids is 2. The maximum Gasteiger partial charge on any atom is 0.490 e. The lowest BCUT2D eigenvalue weighted by atomic mass is 9.94. The molecule has 0 unspecified atom stereocenters. The van der Waals surface area contributed by atoms with E-state index in [1.54, 1.807) is 18.2 Å². The molecule has 0 bridgehead atoms. The topological polar surface area (TPSA) is 259 Å². The summed E-state index contributed by atoms with van der Waals surface area (Å²) in [6.07, 6.45) is -9.89. The molecule has 0 amide bonds. The Kier molecular flexibility index (Phi) is 14.7. The number of likely N-dealkylation sites (tertiary alicyclic amines) is 1. The van der Waals surface area contributed by atoms with Gasteiger partial charge in [0.15, 0.2) is 5.78 Å². The summed E-state index contributed by atoms with van der Waals surface area (Å²) in [5.41, 5.74) is 5.89. The predicted octanol–water partition coefficient (Wildman–Crippen LogP) is 3.15. The Morgan fingerprint density at radius 2 is 1.42 bits per heavy atom.